The average molecular weight is 439 g/mol. The van der Waals surface area contributed by atoms with Crippen LogP contribution in [-0.4, -0.2) is 35.1 Å². The van der Waals surface area contributed by atoms with Crippen LogP contribution in [0, 0.1) is 6.92 Å². The predicted octanol–water partition coefficient (Wildman–Crippen LogP) is 4.38. The van der Waals surface area contributed by atoms with Gasteiger partial charge in [0.25, 0.3) is 0 Å². The first-order chi connectivity index (χ1) is 15.2. The van der Waals surface area contributed by atoms with Crippen LogP contribution in [0.1, 0.15) is 57.2 Å². The van der Waals surface area contributed by atoms with E-state index in [4.69, 9.17) is 9.47 Å². The summed E-state index contributed by atoms with van der Waals surface area (Å²) >= 11 is 0. The van der Waals surface area contributed by atoms with Gasteiger partial charge in [0.1, 0.15) is 6.04 Å². The first-order valence-electron chi connectivity index (χ1n) is 11.2. The molecule has 32 heavy (non-hydrogen) atoms. The Hall–Kier alpha value is -3.02. The molecule has 0 fully saturated rings. The lowest BCUT2D eigenvalue weighted by molar-refractivity contribution is -0.142. The van der Waals surface area contributed by atoms with Gasteiger partial charge < -0.3 is 19.7 Å². The minimum Gasteiger partial charge on any atom is -0.454 e. The maximum atomic E-state index is 13.4. The van der Waals surface area contributed by atoms with Crippen LogP contribution >= 0.6 is 0 Å². The number of aryl methyl sites for hydroxylation is 2. The Kier molecular flexibility index (Phi) is 7.44. The lowest BCUT2D eigenvalue weighted by atomic mass is 10.0. The molecule has 0 unspecified atom stereocenters. The van der Waals surface area contributed by atoms with Crippen LogP contribution in [0.25, 0.3) is 0 Å². The second-order valence-electron chi connectivity index (χ2n) is 9.36. The SMILES string of the molecule is CC[C@H](C(=O)NC(C)(C)C)N(Cc1ccc(C)cc1)C(=O)CCc1ccc2c(c1)OCO2. The van der Waals surface area contributed by atoms with Gasteiger partial charge in [0, 0.05) is 18.5 Å². The molecule has 0 saturated carbocycles. The summed E-state index contributed by atoms with van der Waals surface area (Å²) in [5.41, 5.74) is 2.81. The molecule has 1 aliphatic rings. The minimum absolute atomic E-state index is 0.0425. The van der Waals surface area contributed by atoms with Gasteiger partial charge in [-0.3, -0.25) is 9.59 Å². The van der Waals surface area contributed by atoms with E-state index in [0.717, 1.165) is 22.4 Å². The summed E-state index contributed by atoms with van der Waals surface area (Å²) in [4.78, 5) is 28.1. The molecule has 2 aromatic rings. The predicted molar refractivity (Wildman–Crippen MR) is 125 cm³/mol. The summed E-state index contributed by atoms with van der Waals surface area (Å²) in [5.74, 6) is 1.27. The highest BCUT2D eigenvalue weighted by Gasteiger charge is 2.30. The van der Waals surface area contributed by atoms with Crippen LogP contribution < -0.4 is 14.8 Å². The molecule has 0 aliphatic carbocycles. The number of carbonyl (C=O) groups excluding carboxylic acids is 2. The van der Waals surface area contributed by atoms with Gasteiger partial charge in [-0.1, -0.05) is 42.8 Å². The Morgan fingerprint density at radius 3 is 2.34 bits per heavy atom. The molecule has 1 atom stereocenters. The third-order valence-corrected chi connectivity index (χ3v) is 5.42. The smallest absolute Gasteiger partial charge is 0.243 e. The number of fused-ring (bicyclic) bond motifs is 1. The third-order valence-electron chi connectivity index (χ3n) is 5.42. The maximum absolute atomic E-state index is 13.4. The molecular formula is C26H34N2O4. The van der Waals surface area contributed by atoms with E-state index in [9.17, 15) is 9.59 Å². The van der Waals surface area contributed by atoms with Gasteiger partial charge in [0.2, 0.25) is 18.6 Å². The molecule has 0 radical (unpaired) electrons. The average Bonchev–Trinajstić information content (AvgIpc) is 3.20. The van der Waals surface area contributed by atoms with Gasteiger partial charge in [-0.05, 0) is 63.8 Å². The lowest BCUT2D eigenvalue weighted by Crippen LogP contribution is -2.53. The highest BCUT2D eigenvalue weighted by Crippen LogP contribution is 2.32. The van der Waals surface area contributed by atoms with E-state index < -0.39 is 6.04 Å². The van der Waals surface area contributed by atoms with E-state index >= 15 is 0 Å². The van der Waals surface area contributed by atoms with Gasteiger partial charge >= 0.3 is 0 Å². The summed E-state index contributed by atoms with van der Waals surface area (Å²) in [7, 11) is 0. The third kappa shape index (κ3) is 6.25. The summed E-state index contributed by atoms with van der Waals surface area (Å²) < 4.78 is 10.8. The number of hydrogen-bond donors (Lipinski definition) is 1. The number of nitrogens with one attached hydrogen (secondary N) is 1. The van der Waals surface area contributed by atoms with Crippen LogP contribution in [0.4, 0.5) is 0 Å². The molecule has 1 heterocycles. The molecule has 3 rings (SSSR count). The molecule has 1 N–H and O–H groups in total. The Labute approximate surface area is 190 Å². The molecular weight excluding hydrogens is 404 g/mol. The van der Waals surface area contributed by atoms with E-state index in [1.165, 1.54) is 0 Å². The van der Waals surface area contributed by atoms with Crippen LogP contribution in [0.15, 0.2) is 42.5 Å². The van der Waals surface area contributed by atoms with Crippen LogP contribution in [0.3, 0.4) is 0 Å². The van der Waals surface area contributed by atoms with Crippen LogP contribution in [-0.2, 0) is 22.6 Å². The van der Waals surface area contributed by atoms with Gasteiger partial charge in [-0.2, -0.15) is 0 Å². The summed E-state index contributed by atoms with van der Waals surface area (Å²) in [6.07, 6.45) is 1.42. The molecule has 0 saturated heterocycles. The number of nitrogens with zero attached hydrogens (tertiary/aromatic N) is 1. The number of hydrogen-bond acceptors (Lipinski definition) is 4. The topological polar surface area (TPSA) is 67.9 Å². The Balaban J connectivity index is 1.77. The van der Waals surface area contributed by atoms with Gasteiger partial charge in [-0.15, -0.1) is 0 Å². The zero-order valence-electron chi connectivity index (χ0n) is 19.7. The van der Waals surface area contributed by atoms with E-state index in [1.807, 2.05) is 77.1 Å². The number of rotatable bonds is 8. The molecule has 172 valence electrons. The molecule has 0 aromatic heterocycles. The first kappa shape index (κ1) is 23.6. The van der Waals surface area contributed by atoms with Crippen molar-refractivity contribution in [2.75, 3.05) is 6.79 Å². The number of benzene rings is 2. The van der Waals surface area contributed by atoms with Crippen molar-refractivity contribution < 1.29 is 19.1 Å². The molecule has 2 amide bonds. The first-order valence-corrected chi connectivity index (χ1v) is 11.2. The normalized spacial score (nSPS) is 13.5. The molecule has 6 nitrogen and oxygen atoms in total. The Bertz CT molecular complexity index is 947. The van der Waals surface area contributed by atoms with Crippen molar-refractivity contribution >= 4 is 11.8 Å². The largest absolute Gasteiger partial charge is 0.454 e. The zero-order valence-corrected chi connectivity index (χ0v) is 19.7. The number of carbonyl (C=O) groups is 2. The van der Waals surface area contributed by atoms with E-state index in [0.29, 0.717) is 31.6 Å². The van der Waals surface area contributed by atoms with Crippen molar-refractivity contribution in [2.24, 2.45) is 0 Å². The lowest BCUT2D eigenvalue weighted by Gasteiger charge is -2.33. The van der Waals surface area contributed by atoms with Crippen LogP contribution in [0.2, 0.25) is 0 Å². The van der Waals surface area contributed by atoms with Crippen molar-refractivity contribution in [3.05, 3.63) is 59.2 Å². The van der Waals surface area contributed by atoms with Gasteiger partial charge in [0.05, 0.1) is 0 Å². The monoisotopic (exact) mass is 438 g/mol. The van der Waals surface area contributed by atoms with Gasteiger partial charge in [-0.25, -0.2) is 0 Å². The summed E-state index contributed by atoms with van der Waals surface area (Å²) in [5, 5.41) is 3.04. The summed E-state index contributed by atoms with van der Waals surface area (Å²) in [6.45, 7) is 10.4. The molecule has 0 bridgehead atoms. The van der Waals surface area contributed by atoms with Crippen LogP contribution in [0.5, 0.6) is 11.5 Å². The van der Waals surface area contributed by atoms with E-state index in [2.05, 4.69) is 5.32 Å². The molecule has 0 spiro atoms. The molecule has 6 heteroatoms. The Morgan fingerprint density at radius 1 is 1.03 bits per heavy atom. The maximum Gasteiger partial charge on any atom is 0.243 e. The Morgan fingerprint density at radius 2 is 1.69 bits per heavy atom. The van der Waals surface area contributed by atoms with Crippen molar-refractivity contribution in [3.63, 3.8) is 0 Å². The quantitative estimate of drug-likeness (QED) is 0.664. The van der Waals surface area contributed by atoms with E-state index in [1.54, 1.807) is 4.90 Å². The van der Waals surface area contributed by atoms with Crippen molar-refractivity contribution in [3.8, 4) is 11.5 Å². The second kappa shape index (κ2) is 10.1. The zero-order chi connectivity index (χ0) is 23.3. The van der Waals surface area contributed by atoms with Gasteiger partial charge in [0.15, 0.2) is 11.5 Å². The number of amides is 2. The fraction of sp³-hybridized carbons (Fsp3) is 0.462. The second-order valence-corrected chi connectivity index (χ2v) is 9.36. The highest BCUT2D eigenvalue weighted by atomic mass is 16.7. The van der Waals surface area contributed by atoms with Crippen molar-refractivity contribution in [1.82, 2.24) is 10.2 Å². The van der Waals surface area contributed by atoms with Crippen molar-refractivity contribution in [1.29, 1.82) is 0 Å². The molecule has 2 aromatic carbocycles. The standard InChI is InChI=1S/C26H34N2O4/c1-6-21(25(30)27-26(3,4)5)28(16-20-9-7-18(2)8-10-20)24(29)14-12-19-11-13-22-23(15-19)32-17-31-22/h7-11,13,15,21H,6,12,14,16-17H2,1-5H3,(H,27,30)/t21-/m1/s1. The minimum atomic E-state index is -0.528. The van der Waals surface area contributed by atoms with E-state index in [-0.39, 0.29) is 24.1 Å². The molecule has 1 aliphatic heterocycles. The fourth-order valence-electron chi connectivity index (χ4n) is 3.75. The highest BCUT2D eigenvalue weighted by molar-refractivity contribution is 5.88. The van der Waals surface area contributed by atoms with Crippen molar-refractivity contribution in [2.45, 2.75) is 72.0 Å². The summed E-state index contributed by atoms with van der Waals surface area (Å²) in [6, 6.07) is 13.3. The number of ether oxygens (including phenoxy) is 2. The fourth-order valence-corrected chi connectivity index (χ4v) is 3.75.